The summed E-state index contributed by atoms with van der Waals surface area (Å²) in [5.74, 6) is 1.51. The fourth-order valence-corrected chi connectivity index (χ4v) is 2.97. The minimum absolute atomic E-state index is 0.532. The highest BCUT2D eigenvalue weighted by molar-refractivity contribution is 5.73. The van der Waals surface area contributed by atoms with Crippen LogP contribution in [0.1, 0.15) is 31.9 Å². The van der Waals surface area contributed by atoms with E-state index >= 15 is 0 Å². The summed E-state index contributed by atoms with van der Waals surface area (Å²) in [6, 6.07) is 6.29. The third-order valence-corrected chi connectivity index (χ3v) is 4.07. The Bertz CT molecular complexity index is 671. The van der Waals surface area contributed by atoms with Crippen LogP contribution in [0.3, 0.4) is 0 Å². The Morgan fingerprint density at radius 1 is 1.23 bits per heavy atom. The Kier molecular flexibility index (Phi) is 7.55. The normalized spacial score (nSPS) is 14.7. The van der Waals surface area contributed by atoms with Gasteiger partial charge in [0.15, 0.2) is 0 Å². The van der Waals surface area contributed by atoms with Crippen LogP contribution in [0.15, 0.2) is 30.5 Å². The maximum absolute atomic E-state index is 9.55. The molecule has 0 aromatic heterocycles. The Labute approximate surface area is 156 Å². The number of rotatable bonds is 8. The van der Waals surface area contributed by atoms with E-state index in [1.54, 1.807) is 0 Å². The first-order chi connectivity index (χ1) is 12.6. The van der Waals surface area contributed by atoms with E-state index in [1.165, 1.54) is 0 Å². The zero-order valence-corrected chi connectivity index (χ0v) is 16.0. The molecule has 0 spiro atoms. The SMILES string of the molecule is C=C(C)c1c(OCC)cc(CC(C#N)=CN2CCOCC2)cc1OCC. The molecule has 1 aliphatic heterocycles. The smallest absolute Gasteiger partial charge is 0.130 e. The van der Waals surface area contributed by atoms with Gasteiger partial charge in [0.05, 0.1) is 38.1 Å². The molecule has 0 saturated carbocycles. The summed E-state index contributed by atoms with van der Waals surface area (Å²) >= 11 is 0. The third kappa shape index (κ3) is 5.27. The first kappa shape index (κ1) is 19.9. The summed E-state index contributed by atoms with van der Waals surface area (Å²) in [5.41, 5.74) is 3.49. The largest absolute Gasteiger partial charge is 0.493 e. The van der Waals surface area contributed by atoms with Crippen molar-refractivity contribution in [3.05, 3.63) is 41.6 Å². The van der Waals surface area contributed by atoms with Gasteiger partial charge in [0.25, 0.3) is 0 Å². The molecule has 1 fully saturated rings. The van der Waals surface area contributed by atoms with Crippen LogP contribution >= 0.6 is 0 Å². The zero-order chi connectivity index (χ0) is 18.9. The average Bonchev–Trinajstić information content (AvgIpc) is 2.62. The Balaban J connectivity index is 2.33. The van der Waals surface area contributed by atoms with Crippen molar-refractivity contribution in [2.75, 3.05) is 39.5 Å². The molecule has 5 heteroatoms. The minimum Gasteiger partial charge on any atom is -0.493 e. The van der Waals surface area contributed by atoms with E-state index in [1.807, 2.05) is 39.1 Å². The first-order valence-electron chi connectivity index (χ1n) is 9.10. The van der Waals surface area contributed by atoms with Crippen LogP contribution in [0.4, 0.5) is 0 Å². The lowest BCUT2D eigenvalue weighted by Gasteiger charge is -2.25. The summed E-state index contributed by atoms with van der Waals surface area (Å²) in [5, 5.41) is 9.55. The summed E-state index contributed by atoms with van der Waals surface area (Å²) < 4.78 is 17.0. The predicted octanol–water partition coefficient (Wildman–Crippen LogP) is 3.80. The van der Waals surface area contributed by atoms with Crippen molar-refractivity contribution >= 4 is 5.57 Å². The molecule has 140 valence electrons. The highest BCUT2D eigenvalue weighted by Gasteiger charge is 2.16. The summed E-state index contributed by atoms with van der Waals surface area (Å²) in [7, 11) is 0. The lowest BCUT2D eigenvalue weighted by Crippen LogP contribution is -2.32. The molecule has 0 aliphatic carbocycles. The molecule has 1 aliphatic rings. The van der Waals surface area contributed by atoms with Gasteiger partial charge in [0.1, 0.15) is 11.5 Å². The fourth-order valence-electron chi connectivity index (χ4n) is 2.97. The first-order valence-corrected chi connectivity index (χ1v) is 9.10. The van der Waals surface area contributed by atoms with E-state index in [0.717, 1.165) is 41.3 Å². The number of hydrogen-bond donors (Lipinski definition) is 0. The van der Waals surface area contributed by atoms with Crippen molar-refractivity contribution in [1.29, 1.82) is 5.26 Å². The zero-order valence-electron chi connectivity index (χ0n) is 16.0. The molecule has 0 bridgehead atoms. The Morgan fingerprint density at radius 3 is 2.27 bits per heavy atom. The fraction of sp³-hybridized carbons (Fsp3) is 0.476. The van der Waals surface area contributed by atoms with E-state index in [0.29, 0.717) is 38.4 Å². The van der Waals surface area contributed by atoms with Crippen LogP contribution in [0.2, 0.25) is 0 Å². The number of ether oxygens (including phenoxy) is 3. The van der Waals surface area contributed by atoms with Gasteiger partial charge in [-0.1, -0.05) is 6.58 Å². The van der Waals surface area contributed by atoms with E-state index in [9.17, 15) is 5.26 Å². The van der Waals surface area contributed by atoms with Gasteiger partial charge in [0.2, 0.25) is 0 Å². The van der Waals surface area contributed by atoms with Crippen molar-refractivity contribution in [1.82, 2.24) is 4.90 Å². The molecule has 1 saturated heterocycles. The van der Waals surface area contributed by atoms with Gasteiger partial charge in [0, 0.05) is 31.3 Å². The van der Waals surface area contributed by atoms with E-state index in [4.69, 9.17) is 14.2 Å². The molecule has 0 unspecified atom stereocenters. The molecule has 5 nitrogen and oxygen atoms in total. The standard InChI is InChI=1S/C21H28N2O3/c1-5-25-19-12-17(13-20(26-6-2)21(19)16(3)4)11-18(14-22)15-23-7-9-24-10-8-23/h12-13,15H,3,5-11H2,1-2,4H3. The molecular weight excluding hydrogens is 328 g/mol. The number of allylic oxidation sites excluding steroid dienone is 2. The number of nitrogens with zero attached hydrogens (tertiary/aromatic N) is 2. The molecule has 1 aromatic carbocycles. The van der Waals surface area contributed by atoms with Crippen LogP contribution in [0.25, 0.3) is 5.57 Å². The second-order valence-electron chi connectivity index (χ2n) is 6.20. The highest BCUT2D eigenvalue weighted by Crippen LogP contribution is 2.36. The molecule has 0 amide bonds. The Morgan fingerprint density at radius 2 is 1.81 bits per heavy atom. The van der Waals surface area contributed by atoms with Crippen molar-refractivity contribution in [2.45, 2.75) is 27.2 Å². The van der Waals surface area contributed by atoms with Gasteiger partial charge in [-0.2, -0.15) is 5.26 Å². The molecule has 2 rings (SSSR count). The number of benzene rings is 1. The number of nitriles is 1. The molecule has 1 heterocycles. The van der Waals surface area contributed by atoms with Crippen LogP contribution in [0.5, 0.6) is 11.5 Å². The van der Waals surface area contributed by atoms with E-state index < -0.39 is 0 Å². The monoisotopic (exact) mass is 356 g/mol. The van der Waals surface area contributed by atoms with Crippen LogP contribution < -0.4 is 9.47 Å². The predicted molar refractivity (Wildman–Crippen MR) is 103 cm³/mol. The van der Waals surface area contributed by atoms with Crippen molar-refractivity contribution in [3.8, 4) is 17.6 Å². The number of morpholine rings is 1. The second kappa shape index (κ2) is 9.88. The molecule has 26 heavy (non-hydrogen) atoms. The highest BCUT2D eigenvalue weighted by atomic mass is 16.5. The topological polar surface area (TPSA) is 54.7 Å². The van der Waals surface area contributed by atoms with Gasteiger partial charge in [-0.3, -0.25) is 0 Å². The lowest BCUT2D eigenvalue weighted by molar-refractivity contribution is 0.0591. The van der Waals surface area contributed by atoms with Gasteiger partial charge in [-0.25, -0.2) is 0 Å². The van der Waals surface area contributed by atoms with Gasteiger partial charge < -0.3 is 19.1 Å². The molecular formula is C21H28N2O3. The third-order valence-electron chi connectivity index (χ3n) is 4.07. The summed E-state index contributed by atoms with van der Waals surface area (Å²) in [6.45, 7) is 14.0. The molecule has 0 atom stereocenters. The van der Waals surface area contributed by atoms with Gasteiger partial charge in [-0.05, 0) is 44.0 Å². The van der Waals surface area contributed by atoms with E-state index in [2.05, 4.69) is 17.5 Å². The molecule has 0 N–H and O–H groups in total. The maximum Gasteiger partial charge on any atom is 0.130 e. The van der Waals surface area contributed by atoms with Crippen molar-refractivity contribution in [2.24, 2.45) is 0 Å². The molecule has 0 radical (unpaired) electrons. The van der Waals surface area contributed by atoms with Crippen LogP contribution in [-0.2, 0) is 11.2 Å². The molecule has 1 aromatic rings. The van der Waals surface area contributed by atoms with Gasteiger partial charge in [-0.15, -0.1) is 0 Å². The van der Waals surface area contributed by atoms with E-state index in [-0.39, 0.29) is 0 Å². The second-order valence-corrected chi connectivity index (χ2v) is 6.20. The maximum atomic E-state index is 9.55. The quantitative estimate of drug-likeness (QED) is 0.663. The average molecular weight is 356 g/mol. The van der Waals surface area contributed by atoms with Crippen molar-refractivity contribution < 1.29 is 14.2 Å². The Hall–Kier alpha value is -2.45. The minimum atomic E-state index is 0.532. The lowest BCUT2D eigenvalue weighted by atomic mass is 9.99. The number of hydrogen-bond acceptors (Lipinski definition) is 5. The summed E-state index contributed by atoms with van der Waals surface area (Å²) in [6.07, 6.45) is 2.47. The summed E-state index contributed by atoms with van der Waals surface area (Å²) in [4.78, 5) is 2.14. The van der Waals surface area contributed by atoms with Gasteiger partial charge >= 0.3 is 0 Å². The van der Waals surface area contributed by atoms with Crippen molar-refractivity contribution in [3.63, 3.8) is 0 Å². The van der Waals surface area contributed by atoms with Crippen LogP contribution in [0, 0.1) is 11.3 Å². The van der Waals surface area contributed by atoms with Crippen LogP contribution in [-0.4, -0.2) is 44.4 Å².